The van der Waals surface area contributed by atoms with Crippen LogP contribution in [0.4, 0.5) is 0 Å². The minimum Gasteiger partial charge on any atom is -0.317 e. The van der Waals surface area contributed by atoms with E-state index in [2.05, 4.69) is 35.5 Å². The molecule has 0 saturated carbocycles. The monoisotopic (exact) mass is 491 g/mol. The molecule has 1 saturated heterocycles. The van der Waals surface area contributed by atoms with Crippen LogP contribution < -0.4 is 4.80 Å². The van der Waals surface area contributed by atoms with Crippen LogP contribution in [0.15, 0.2) is 46.3 Å². The Morgan fingerprint density at radius 3 is 2.56 bits per heavy atom. The van der Waals surface area contributed by atoms with Crippen LogP contribution in [0, 0.1) is 19.8 Å². The summed E-state index contributed by atoms with van der Waals surface area (Å²) in [6, 6.07) is 10.4. The number of aromatic nitrogens is 1. The van der Waals surface area contributed by atoms with Crippen LogP contribution in [0.25, 0.3) is 10.2 Å². The Morgan fingerprint density at radius 2 is 1.88 bits per heavy atom. The van der Waals surface area contributed by atoms with Crippen LogP contribution in [-0.4, -0.2) is 36.3 Å². The van der Waals surface area contributed by atoms with Crippen LogP contribution in [-0.2, 0) is 21.4 Å². The summed E-state index contributed by atoms with van der Waals surface area (Å²) in [6.07, 6.45) is 1.25. The second-order valence-electron chi connectivity index (χ2n) is 8.14. The van der Waals surface area contributed by atoms with Crippen LogP contribution in [0.2, 0.25) is 5.02 Å². The zero-order valence-corrected chi connectivity index (χ0v) is 20.7. The van der Waals surface area contributed by atoms with Crippen molar-refractivity contribution in [3.8, 4) is 0 Å². The number of carbonyl (C=O) groups excluding carboxylic acids is 1. The van der Waals surface area contributed by atoms with E-state index in [1.54, 1.807) is 12.1 Å². The fourth-order valence-corrected chi connectivity index (χ4v) is 6.85. The smallest absolute Gasteiger partial charge is 0.252 e. The summed E-state index contributed by atoms with van der Waals surface area (Å²) in [5.74, 6) is -0.715. The van der Waals surface area contributed by atoms with Gasteiger partial charge in [-0.1, -0.05) is 22.9 Å². The third-order valence-corrected chi connectivity index (χ3v) is 9.18. The molecule has 0 radical (unpaired) electrons. The number of thiazole rings is 1. The van der Waals surface area contributed by atoms with E-state index >= 15 is 0 Å². The zero-order chi connectivity index (χ0) is 23.0. The summed E-state index contributed by atoms with van der Waals surface area (Å²) in [4.78, 5) is 18.4. The minimum absolute atomic E-state index is 0.141. The molecule has 1 aromatic heterocycles. The number of piperidine rings is 1. The first-order valence-corrected chi connectivity index (χ1v) is 13.3. The molecule has 2 heterocycles. The average molecular weight is 492 g/mol. The van der Waals surface area contributed by atoms with Crippen molar-refractivity contribution >= 4 is 49.1 Å². The molecule has 1 aliphatic heterocycles. The first-order valence-electron chi connectivity index (χ1n) is 10.7. The molecule has 6 nitrogen and oxygen atoms in total. The molecule has 0 aliphatic carbocycles. The van der Waals surface area contributed by atoms with Crippen LogP contribution in [0.1, 0.15) is 30.9 Å². The lowest BCUT2D eigenvalue weighted by atomic mass is 9.99. The van der Waals surface area contributed by atoms with Gasteiger partial charge in [0.15, 0.2) is 4.80 Å². The van der Waals surface area contributed by atoms with Gasteiger partial charge in [-0.05, 0) is 81.1 Å². The van der Waals surface area contributed by atoms with Gasteiger partial charge in [-0.25, -0.2) is 8.42 Å². The lowest BCUT2D eigenvalue weighted by Crippen LogP contribution is -2.42. The van der Waals surface area contributed by atoms with E-state index in [4.69, 9.17) is 11.6 Å². The zero-order valence-electron chi connectivity index (χ0n) is 18.3. The lowest BCUT2D eigenvalue weighted by molar-refractivity contribution is -0.122. The van der Waals surface area contributed by atoms with Gasteiger partial charge in [0.05, 0.1) is 21.0 Å². The predicted molar refractivity (Wildman–Crippen MR) is 128 cm³/mol. The van der Waals surface area contributed by atoms with Gasteiger partial charge in [0, 0.05) is 24.7 Å². The molecule has 4 rings (SSSR count). The highest BCUT2D eigenvalue weighted by Gasteiger charge is 2.33. The van der Waals surface area contributed by atoms with E-state index in [9.17, 15) is 13.2 Å². The number of hydrogen-bond acceptors (Lipinski definition) is 4. The molecule has 0 N–H and O–H groups in total. The number of benzene rings is 2. The van der Waals surface area contributed by atoms with Crippen molar-refractivity contribution in [3.05, 3.63) is 57.3 Å². The number of aryl methyl sites for hydroxylation is 3. The second-order valence-corrected chi connectivity index (χ2v) is 11.5. The Morgan fingerprint density at radius 1 is 1.19 bits per heavy atom. The van der Waals surface area contributed by atoms with E-state index in [0.717, 1.165) is 10.2 Å². The van der Waals surface area contributed by atoms with E-state index in [-0.39, 0.29) is 17.3 Å². The lowest BCUT2D eigenvalue weighted by Gasteiger charge is -2.30. The van der Waals surface area contributed by atoms with Crippen molar-refractivity contribution in [2.45, 2.75) is 45.1 Å². The van der Waals surface area contributed by atoms with Crippen molar-refractivity contribution in [3.63, 3.8) is 0 Å². The Balaban J connectivity index is 1.63. The number of sulfonamides is 1. The van der Waals surface area contributed by atoms with Gasteiger partial charge in [-0.3, -0.25) is 4.79 Å². The molecule has 1 unspecified atom stereocenters. The largest absolute Gasteiger partial charge is 0.317 e. The van der Waals surface area contributed by atoms with E-state index in [0.29, 0.717) is 35.8 Å². The van der Waals surface area contributed by atoms with Gasteiger partial charge in [-0.15, -0.1) is 0 Å². The first-order chi connectivity index (χ1) is 15.2. The summed E-state index contributed by atoms with van der Waals surface area (Å²) < 4.78 is 30.6. The normalized spacial score (nSPS) is 18.4. The van der Waals surface area contributed by atoms with Crippen LogP contribution >= 0.6 is 22.9 Å². The highest BCUT2D eigenvalue weighted by Crippen LogP contribution is 2.26. The summed E-state index contributed by atoms with van der Waals surface area (Å²) >= 11 is 7.39. The van der Waals surface area contributed by atoms with Gasteiger partial charge < -0.3 is 4.57 Å². The topological polar surface area (TPSA) is 71.7 Å². The molecule has 2 aromatic carbocycles. The maximum Gasteiger partial charge on any atom is 0.252 e. The van der Waals surface area contributed by atoms with Gasteiger partial charge >= 0.3 is 0 Å². The van der Waals surface area contributed by atoms with Crippen molar-refractivity contribution in [2.24, 2.45) is 10.9 Å². The highest BCUT2D eigenvalue weighted by atomic mass is 35.5. The van der Waals surface area contributed by atoms with Gasteiger partial charge in [0.25, 0.3) is 5.91 Å². The number of carbonyl (C=O) groups is 1. The Bertz CT molecular complexity index is 1340. The van der Waals surface area contributed by atoms with E-state index in [1.807, 2.05) is 6.92 Å². The Hall–Kier alpha value is -2.00. The second kappa shape index (κ2) is 9.09. The van der Waals surface area contributed by atoms with E-state index in [1.165, 1.54) is 38.9 Å². The molecular formula is C23H26ClN3O3S2. The van der Waals surface area contributed by atoms with E-state index < -0.39 is 15.9 Å². The summed E-state index contributed by atoms with van der Waals surface area (Å²) in [5.41, 5.74) is 3.48. The SMILES string of the molecule is CCn1c(=NC(=O)C2CCCN(S(=O)(=O)c3ccc(Cl)cc3)C2)sc2cc(C)c(C)cc21. The number of nitrogens with zero attached hydrogens (tertiary/aromatic N) is 3. The third-order valence-electron chi connectivity index (χ3n) is 6.01. The Labute approximate surface area is 197 Å². The molecule has 1 aliphatic rings. The van der Waals surface area contributed by atoms with Gasteiger partial charge in [0.1, 0.15) is 0 Å². The summed E-state index contributed by atoms with van der Waals surface area (Å²) in [5, 5.41) is 0.479. The fraction of sp³-hybridized carbons (Fsp3) is 0.391. The fourth-order valence-electron chi connectivity index (χ4n) is 4.02. The summed E-state index contributed by atoms with van der Waals surface area (Å²) in [7, 11) is -3.68. The average Bonchev–Trinajstić information content (AvgIpc) is 3.10. The predicted octanol–water partition coefficient (Wildman–Crippen LogP) is 4.52. The quantitative estimate of drug-likeness (QED) is 0.538. The molecule has 1 atom stereocenters. The number of hydrogen-bond donors (Lipinski definition) is 0. The highest BCUT2D eigenvalue weighted by molar-refractivity contribution is 7.89. The maximum absolute atomic E-state index is 13.1. The molecule has 32 heavy (non-hydrogen) atoms. The molecule has 3 aromatic rings. The molecule has 1 amide bonds. The molecule has 0 bridgehead atoms. The van der Waals surface area contributed by atoms with Gasteiger partial charge in [-0.2, -0.15) is 9.30 Å². The van der Waals surface area contributed by atoms with Crippen molar-refractivity contribution in [1.82, 2.24) is 8.87 Å². The van der Waals surface area contributed by atoms with Crippen molar-refractivity contribution in [1.29, 1.82) is 0 Å². The molecular weight excluding hydrogens is 466 g/mol. The van der Waals surface area contributed by atoms with Crippen molar-refractivity contribution < 1.29 is 13.2 Å². The molecule has 9 heteroatoms. The summed E-state index contributed by atoms with van der Waals surface area (Å²) in [6.45, 7) is 7.42. The molecule has 0 spiro atoms. The number of amides is 1. The van der Waals surface area contributed by atoms with Gasteiger partial charge in [0.2, 0.25) is 10.0 Å². The maximum atomic E-state index is 13.1. The van der Waals surface area contributed by atoms with Crippen molar-refractivity contribution in [2.75, 3.05) is 13.1 Å². The molecule has 1 fully saturated rings. The van der Waals surface area contributed by atoms with Crippen LogP contribution in [0.5, 0.6) is 0 Å². The van der Waals surface area contributed by atoms with Crippen LogP contribution in [0.3, 0.4) is 0 Å². The molecule has 170 valence electrons. The number of rotatable bonds is 4. The third kappa shape index (κ3) is 4.41. The number of fused-ring (bicyclic) bond motifs is 1. The first kappa shape index (κ1) is 23.2. The number of halogens is 1. The standard InChI is InChI=1S/C23H26ClN3O3S2/c1-4-27-20-12-15(2)16(3)13-21(20)31-23(27)25-22(28)17-6-5-11-26(14-17)32(29,30)19-9-7-18(24)8-10-19/h7-10,12-13,17H,4-6,11,14H2,1-3H3. The minimum atomic E-state index is -3.68. The Kier molecular flexibility index (Phi) is 6.58.